The number of piperazine rings is 1. The molecular weight excluding hydrogens is 470 g/mol. The van der Waals surface area contributed by atoms with Crippen LogP contribution in [0.4, 0.5) is 5.13 Å². The fourth-order valence-corrected chi connectivity index (χ4v) is 4.84. The van der Waals surface area contributed by atoms with E-state index < -0.39 is 0 Å². The predicted octanol–water partition coefficient (Wildman–Crippen LogP) is 4.45. The average Bonchev–Trinajstić information content (AvgIpc) is 3.31. The number of amides is 1. The van der Waals surface area contributed by atoms with Crippen molar-refractivity contribution in [3.63, 3.8) is 0 Å². The number of pyridine rings is 1. The molecule has 0 saturated carbocycles. The van der Waals surface area contributed by atoms with Crippen LogP contribution in [-0.2, 0) is 11.2 Å². The number of halogens is 1. The fourth-order valence-electron chi connectivity index (χ4n) is 3.93. The lowest BCUT2D eigenvalue weighted by Gasteiger charge is -2.33. The first-order valence-electron chi connectivity index (χ1n) is 11.6. The Morgan fingerprint density at radius 3 is 2.79 bits per heavy atom. The Kier molecular flexibility index (Phi) is 8.87. The zero-order chi connectivity index (χ0) is 23.8. The molecule has 1 aromatic carbocycles. The van der Waals surface area contributed by atoms with Crippen LogP contribution in [0, 0.1) is 0 Å². The summed E-state index contributed by atoms with van der Waals surface area (Å²) >= 11 is 7.34. The van der Waals surface area contributed by atoms with Crippen molar-refractivity contribution in [1.82, 2.24) is 19.8 Å². The van der Waals surface area contributed by atoms with Gasteiger partial charge in [-0.3, -0.25) is 4.79 Å². The Hall–Kier alpha value is -2.52. The second kappa shape index (κ2) is 12.3. The number of aromatic nitrogens is 2. The van der Waals surface area contributed by atoms with E-state index in [9.17, 15) is 4.79 Å². The third kappa shape index (κ3) is 7.24. The summed E-state index contributed by atoms with van der Waals surface area (Å²) in [5.41, 5.74) is 2.53. The molecule has 1 aliphatic heterocycles. The number of benzene rings is 1. The number of likely N-dealkylation sites (N-methyl/N-ethyl adjacent to an activating group) is 1. The van der Waals surface area contributed by atoms with Crippen molar-refractivity contribution in [2.24, 2.45) is 0 Å². The number of rotatable bonds is 10. The van der Waals surface area contributed by atoms with Gasteiger partial charge in [0.15, 0.2) is 5.13 Å². The molecule has 3 heterocycles. The van der Waals surface area contributed by atoms with Crippen LogP contribution in [0.5, 0.6) is 5.75 Å². The Bertz CT molecular complexity index is 1080. The van der Waals surface area contributed by atoms with Gasteiger partial charge in [0.25, 0.3) is 0 Å². The Balaban J connectivity index is 1.21. The van der Waals surface area contributed by atoms with Gasteiger partial charge >= 0.3 is 0 Å². The van der Waals surface area contributed by atoms with Crippen molar-refractivity contribution in [3.8, 4) is 17.0 Å². The Labute approximate surface area is 209 Å². The highest BCUT2D eigenvalue weighted by Crippen LogP contribution is 2.26. The number of nitrogens with one attached hydrogen (secondary N) is 1. The van der Waals surface area contributed by atoms with E-state index in [1.165, 1.54) is 11.3 Å². The topological polar surface area (TPSA) is 70.6 Å². The largest absolute Gasteiger partial charge is 0.494 e. The zero-order valence-electron chi connectivity index (χ0n) is 19.4. The second-order valence-electron chi connectivity index (χ2n) is 8.26. The van der Waals surface area contributed by atoms with E-state index in [2.05, 4.69) is 32.0 Å². The average molecular weight is 500 g/mol. The highest BCUT2D eigenvalue weighted by molar-refractivity contribution is 7.14. The van der Waals surface area contributed by atoms with Crippen molar-refractivity contribution in [2.45, 2.75) is 19.8 Å². The summed E-state index contributed by atoms with van der Waals surface area (Å²) < 4.78 is 5.95. The first kappa shape index (κ1) is 24.6. The lowest BCUT2D eigenvalue weighted by molar-refractivity contribution is -0.115. The van der Waals surface area contributed by atoms with Crippen LogP contribution in [0.3, 0.4) is 0 Å². The highest BCUT2D eigenvalue weighted by atomic mass is 35.5. The first-order chi connectivity index (χ1) is 16.6. The van der Waals surface area contributed by atoms with Gasteiger partial charge < -0.3 is 19.9 Å². The zero-order valence-corrected chi connectivity index (χ0v) is 20.9. The minimum atomic E-state index is -0.114. The van der Waals surface area contributed by atoms with Gasteiger partial charge in [0.2, 0.25) is 5.91 Å². The quantitative estimate of drug-likeness (QED) is 0.328. The maximum atomic E-state index is 12.5. The van der Waals surface area contributed by atoms with Crippen LogP contribution in [-0.4, -0.2) is 71.6 Å². The van der Waals surface area contributed by atoms with E-state index in [1.54, 1.807) is 12.3 Å². The molecule has 3 aromatic rings. The number of hydrogen-bond donors (Lipinski definition) is 1. The molecule has 34 heavy (non-hydrogen) atoms. The molecule has 0 aliphatic carbocycles. The molecule has 1 aliphatic rings. The molecule has 2 aromatic heterocycles. The smallest absolute Gasteiger partial charge is 0.230 e. The minimum Gasteiger partial charge on any atom is -0.494 e. The maximum absolute atomic E-state index is 12.5. The van der Waals surface area contributed by atoms with Gasteiger partial charge in [-0.1, -0.05) is 30.7 Å². The summed E-state index contributed by atoms with van der Waals surface area (Å²) in [6, 6.07) is 11.3. The van der Waals surface area contributed by atoms with Gasteiger partial charge in [0, 0.05) is 49.9 Å². The van der Waals surface area contributed by atoms with Crippen molar-refractivity contribution in [2.75, 3.05) is 51.2 Å². The third-order valence-electron chi connectivity index (χ3n) is 5.84. The molecule has 9 heteroatoms. The molecule has 0 spiro atoms. The number of ether oxygens (including phenoxy) is 1. The molecule has 0 radical (unpaired) electrons. The van der Waals surface area contributed by atoms with Crippen LogP contribution in [0.2, 0.25) is 5.15 Å². The molecule has 180 valence electrons. The van der Waals surface area contributed by atoms with Crippen molar-refractivity contribution in [3.05, 3.63) is 58.7 Å². The van der Waals surface area contributed by atoms with Crippen LogP contribution >= 0.6 is 22.9 Å². The number of carbonyl (C=O) groups is 1. The van der Waals surface area contributed by atoms with Gasteiger partial charge in [-0.25, -0.2) is 9.97 Å². The lowest BCUT2D eigenvalue weighted by atomic mass is 10.1. The standard InChI is InChI=1S/C25H30ClN5O2S/c1-2-30-10-12-31(13-11-30)9-4-14-33-21-6-3-5-19(15-21)16-24(32)29-25-28-22(18-34-25)20-7-8-27-23(26)17-20/h3,5-8,15,17-18H,2,4,9-14,16H2,1H3,(H,28,29,32). The van der Waals surface area contributed by atoms with Crippen LogP contribution in [0.1, 0.15) is 18.9 Å². The van der Waals surface area contributed by atoms with E-state index in [0.717, 1.165) is 68.3 Å². The molecule has 0 unspecified atom stereocenters. The van der Waals surface area contributed by atoms with Gasteiger partial charge in [-0.05, 0) is 42.8 Å². The van der Waals surface area contributed by atoms with Crippen molar-refractivity contribution in [1.29, 1.82) is 0 Å². The second-order valence-corrected chi connectivity index (χ2v) is 9.50. The molecule has 1 fully saturated rings. The van der Waals surface area contributed by atoms with Crippen molar-refractivity contribution < 1.29 is 9.53 Å². The molecule has 0 bridgehead atoms. The number of hydrogen-bond acceptors (Lipinski definition) is 7. The van der Waals surface area contributed by atoms with E-state index in [-0.39, 0.29) is 12.3 Å². The number of nitrogens with zero attached hydrogens (tertiary/aromatic N) is 4. The lowest BCUT2D eigenvalue weighted by Crippen LogP contribution is -2.46. The van der Waals surface area contributed by atoms with E-state index in [4.69, 9.17) is 16.3 Å². The SMILES string of the molecule is CCN1CCN(CCCOc2cccc(CC(=O)Nc3nc(-c4ccnc(Cl)c4)cs3)c2)CC1. The molecule has 1 N–H and O–H groups in total. The minimum absolute atomic E-state index is 0.114. The third-order valence-corrected chi connectivity index (χ3v) is 6.80. The summed E-state index contributed by atoms with van der Waals surface area (Å²) in [4.78, 5) is 26.0. The van der Waals surface area contributed by atoms with Gasteiger partial charge in [-0.15, -0.1) is 11.3 Å². The summed E-state index contributed by atoms with van der Waals surface area (Å²) in [5, 5.41) is 5.73. The molecular formula is C25H30ClN5O2S. The maximum Gasteiger partial charge on any atom is 0.230 e. The highest BCUT2D eigenvalue weighted by Gasteiger charge is 2.15. The van der Waals surface area contributed by atoms with Crippen molar-refractivity contribution >= 4 is 34.0 Å². The molecule has 7 nitrogen and oxygen atoms in total. The van der Waals surface area contributed by atoms with E-state index in [1.807, 2.05) is 35.7 Å². The molecule has 4 rings (SSSR count). The van der Waals surface area contributed by atoms with Gasteiger partial charge in [-0.2, -0.15) is 0 Å². The van der Waals surface area contributed by atoms with Gasteiger partial charge in [0.1, 0.15) is 10.9 Å². The summed E-state index contributed by atoms with van der Waals surface area (Å²) in [7, 11) is 0. The normalized spacial score (nSPS) is 14.8. The van der Waals surface area contributed by atoms with Crippen LogP contribution in [0.25, 0.3) is 11.3 Å². The Morgan fingerprint density at radius 1 is 1.18 bits per heavy atom. The monoisotopic (exact) mass is 499 g/mol. The summed E-state index contributed by atoms with van der Waals surface area (Å²) in [6.07, 6.45) is 2.89. The summed E-state index contributed by atoms with van der Waals surface area (Å²) in [5.74, 6) is 0.684. The van der Waals surface area contributed by atoms with Crippen LogP contribution < -0.4 is 10.1 Å². The number of carbonyl (C=O) groups excluding carboxylic acids is 1. The van der Waals surface area contributed by atoms with Crippen LogP contribution in [0.15, 0.2) is 48.0 Å². The predicted molar refractivity (Wildman–Crippen MR) is 138 cm³/mol. The Morgan fingerprint density at radius 2 is 2.00 bits per heavy atom. The number of thiazole rings is 1. The summed E-state index contributed by atoms with van der Waals surface area (Å²) in [6.45, 7) is 9.66. The molecule has 1 amide bonds. The van der Waals surface area contributed by atoms with E-state index in [0.29, 0.717) is 16.9 Å². The molecule has 1 saturated heterocycles. The first-order valence-corrected chi connectivity index (χ1v) is 12.9. The van der Waals surface area contributed by atoms with E-state index >= 15 is 0 Å². The fraction of sp³-hybridized carbons (Fsp3) is 0.400. The van der Waals surface area contributed by atoms with Gasteiger partial charge in [0.05, 0.1) is 18.7 Å². The number of anilines is 1. The molecule has 0 atom stereocenters.